The molecule has 0 saturated carbocycles. The van der Waals surface area contributed by atoms with Gasteiger partial charge in [-0.3, -0.25) is 4.79 Å². The third-order valence-electron chi connectivity index (χ3n) is 1.39. The maximum atomic E-state index is 10.8. The van der Waals surface area contributed by atoms with Crippen molar-refractivity contribution in [3.63, 3.8) is 0 Å². The number of halogens is 1. The Kier molecular flexibility index (Phi) is 5.53. The zero-order valence-electron chi connectivity index (χ0n) is 7.38. The third-order valence-corrected chi connectivity index (χ3v) is 1.39. The van der Waals surface area contributed by atoms with Crippen molar-refractivity contribution < 1.29 is 9.53 Å². The summed E-state index contributed by atoms with van der Waals surface area (Å²) in [4.78, 5) is 10.8. The van der Waals surface area contributed by atoms with Crippen LogP contribution in [0.5, 0.6) is 0 Å². The summed E-state index contributed by atoms with van der Waals surface area (Å²) >= 11 is 0. The quantitative estimate of drug-likeness (QED) is 0.613. The molecule has 0 radical (unpaired) electrons. The van der Waals surface area contributed by atoms with E-state index in [0.29, 0.717) is 0 Å². The van der Waals surface area contributed by atoms with E-state index in [1.54, 1.807) is 0 Å². The number of esters is 1. The van der Waals surface area contributed by atoms with E-state index in [4.69, 9.17) is 5.73 Å². The second-order valence-corrected chi connectivity index (χ2v) is 3.37. The van der Waals surface area contributed by atoms with E-state index in [2.05, 4.69) is 4.74 Å². The molecule has 0 unspecified atom stereocenters. The lowest BCUT2D eigenvalue weighted by Crippen LogP contribution is -2.42. The van der Waals surface area contributed by atoms with Gasteiger partial charge in [0.05, 0.1) is 7.11 Å². The summed E-state index contributed by atoms with van der Waals surface area (Å²) < 4.78 is 4.47. The van der Waals surface area contributed by atoms with Crippen LogP contribution in [0.15, 0.2) is 0 Å². The highest BCUT2D eigenvalue weighted by atomic mass is 35.5. The minimum Gasteiger partial charge on any atom is -0.468 e. The van der Waals surface area contributed by atoms with Crippen molar-refractivity contribution in [2.24, 2.45) is 11.1 Å². The van der Waals surface area contributed by atoms with Crippen LogP contribution < -0.4 is 5.73 Å². The van der Waals surface area contributed by atoms with Gasteiger partial charge in [0.2, 0.25) is 0 Å². The molecule has 0 aliphatic rings. The first-order chi connectivity index (χ1) is 4.39. The van der Waals surface area contributed by atoms with Crippen molar-refractivity contribution in [3.05, 3.63) is 0 Å². The molecule has 2 N–H and O–H groups in total. The van der Waals surface area contributed by atoms with Gasteiger partial charge in [-0.25, -0.2) is 0 Å². The summed E-state index contributed by atoms with van der Waals surface area (Å²) in [5.41, 5.74) is 5.32. The lowest BCUT2D eigenvalue weighted by Gasteiger charge is -2.23. The van der Waals surface area contributed by atoms with Gasteiger partial charge in [-0.1, -0.05) is 20.8 Å². The van der Waals surface area contributed by atoms with E-state index in [1.165, 1.54) is 7.11 Å². The predicted molar refractivity (Wildman–Crippen MR) is 46.7 cm³/mol. The van der Waals surface area contributed by atoms with Crippen LogP contribution in [-0.4, -0.2) is 19.1 Å². The first kappa shape index (κ1) is 13.3. The molecule has 1 atom stereocenters. The molecule has 0 fully saturated rings. The Balaban J connectivity index is 0. The molecule has 0 aliphatic carbocycles. The van der Waals surface area contributed by atoms with Crippen molar-refractivity contribution in [3.8, 4) is 0 Å². The number of hydrogen-bond acceptors (Lipinski definition) is 3. The second kappa shape index (κ2) is 4.57. The van der Waals surface area contributed by atoms with Gasteiger partial charge in [-0.2, -0.15) is 0 Å². The second-order valence-electron chi connectivity index (χ2n) is 3.37. The predicted octanol–water partition coefficient (Wildman–Crippen LogP) is 0.955. The number of carbonyl (C=O) groups is 1. The van der Waals surface area contributed by atoms with Gasteiger partial charge in [0.15, 0.2) is 0 Å². The summed E-state index contributed by atoms with van der Waals surface area (Å²) in [5.74, 6) is -0.354. The number of nitrogens with two attached hydrogens (primary N) is 1. The van der Waals surface area contributed by atoms with Crippen molar-refractivity contribution in [2.75, 3.05) is 7.11 Å². The summed E-state index contributed by atoms with van der Waals surface area (Å²) in [6.45, 7) is 5.69. The average molecular weight is 182 g/mol. The number of carbonyl (C=O) groups excluding carboxylic acids is 1. The fourth-order valence-electron chi connectivity index (χ4n) is 0.481. The monoisotopic (exact) mass is 181 g/mol. The van der Waals surface area contributed by atoms with Crippen LogP contribution >= 0.6 is 12.4 Å². The Morgan fingerprint density at radius 3 is 1.91 bits per heavy atom. The molecule has 68 valence electrons. The van der Waals surface area contributed by atoms with E-state index in [-0.39, 0.29) is 23.8 Å². The lowest BCUT2D eigenvalue weighted by molar-refractivity contribution is -0.144. The maximum absolute atomic E-state index is 10.8. The Hall–Kier alpha value is -0.280. The zero-order valence-corrected chi connectivity index (χ0v) is 8.20. The molecule has 11 heavy (non-hydrogen) atoms. The van der Waals surface area contributed by atoms with E-state index < -0.39 is 6.04 Å². The number of methoxy groups -OCH3 is 1. The maximum Gasteiger partial charge on any atom is 0.323 e. The third kappa shape index (κ3) is 4.22. The van der Waals surface area contributed by atoms with Crippen LogP contribution in [0.1, 0.15) is 20.8 Å². The van der Waals surface area contributed by atoms with E-state index in [9.17, 15) is 4.79 Å². The van der Waals surface area contributed by atoms with E-state index in [0.717, 1.165) is 0 Å². The molecule has 0 bridgehead atoms. The van der Waals surface area contributed by atoms with Crippen LogP contribution in [0.2, 0.25) is 0 Å². The largest absolute Gasteiger partial charge is 0.468 e. The highest BCUT2D eigenvalue weighted by Gasteiger charge is 2.27. The molecule has 3 nitrogen and oxygen atoms in total. The Labute approximate surface area is 73.7 Å². The summed E-state index contributed by atoms with van der Waals surface area (Å²) in [6, 6.07) is -0.530. The first-order valence-corrected chi connectivity index (χ1v) is 3.23. The Bertz CT molecular complexity index is 131. The Morgan fingerprint density at radius 1 is 1.45 bits per heavy atom. The standard InChI is InChI=1S/C7H15NO2.ClH/c1-7(2,3)5(8)6(9)10-4;/h5H,8H2,1-4H3;1H/t5-;/m1./s1. The molecule has 0 heterocycles. The van der Waals surface area contributed by atoms with E-state index >= 15 is 0 Å². The normalized spacial score (nSPS) is 13.2. The molecule has 4 heteroatoms. The molecular formula is C7H16ClNO2. The lowest BCUT2D eigenvalue weighted by atomic mass is 9.88. The molecule has 0 aromatic heterocycles. The fourth-order valence-corrected chi connectivity index (χ4v) is 0.481. The molecule has 0 saturated heterocycles. The zero-order chi connectivity index (χ0) is 8.36. The fraction of sp³-hybridized carbons (Fsp3) is 0.857. The van der Waals surface area contributed by atoms with Gasteiger partial charge in [0.25, 0.3) is 0 Å². The van der Waals surface area contributed by atoms with Crippen LogP contribution in [0.25, 0.3) is 0 Å². The Morgan fingerprint density at radius 2 is 1.82 bits per heavy atom. The number of ether oxygens (including phenoxy) is 1. The highest BCUT2D eigenvalue weighted by Crippen LogP contribution is 2.17. The average Bonchev–Trinajstić information content (AvgIpc) is 1.83. The molecule has 0 aliphatic heterocycles. The minimum atomic E-state index is -0.530. The van der Waals surface area contributed by atoms with Gasteiger partial charge in [0, 0.05) is 0 Å². The molecule has 0 spiro atoms. The molecule has 0 amide bonds. The minimum absolute atomic E-state index is 0. The molecule has 0 rings (SSSR count). The van der Waals surface area contributed by atoms with Gasteiger partial charge < -0.3 is 10.5 Å². The van der Waals surface area contributed by atoms with E-state index in [1.807, 2.05) is 20.8 Å². The van der Waals surface area contributed by atoms with Crippen molar-refractivity contribution in [1.29, 1.82) is 0 Å². The molecular weight excluding hydrogens is 166 g/mol. The van der Waals surface area contributed by atoms with Crippen molar-refractivity contribution in [2.45, 2.75) is 26.8 Å². The molecule has 0 aromatic rings. The summed E-state index contributed by atoms with van der Waals surface area (Å²) in [7, 11) is 1.34. The summed E-state index contributed by atoms with van der Waals surface area (Å²) in [5, 5.41) is 0. The summed E-state index contributed by atoms with van der Waals surface area (Å²) in [6.07, 6.45) is 0. The van der Waals surface area contributed by atoms with Crippen LogP contribution in [0.3, 0.4) is 0 Å². The number of hydrogen-bond donors (Lipinski definition) is 1. The van der Waals surface area contributed by atoms with Crippen molar-refractivity contribution in [1.82, 2.24) is 0 Å². The SMILES string of the molecule is COC(=O)[C@@H](N)C(C)(C)C.Cl. The first-order valence-electron chi connectivity index (χ1n) is 3.23. The number of rotatable bonds is 1. The van der Waals surface area contributed by atoms with Gasteiger partial charge in [-0.05, 0) is 5.41 Å². The smallest absolute Gasteiger partial charge is 0.323 e. The highest BCUT2D eigenvalue weighted by molar-refractivity contribution is 5.85. The topological polar surface area (TPSA) is 52.3 Å². The van der Waals surface area contributed by atoms with Crippen molar-refractivity contribution >= 4 is 18.4 Å². The van der Waals surface area contributed by atoms with Crippen LogP contribution in [0.4, 0.5) is 0 Å². The van der Waals surface area contributed by atoms with Gasteiger partial charge in [0.1, 0.15) is 6.04 Å². The van der Waals surface area contributed by atoms with Crippen LogP contribution in [-0.2, 0) is 9.53 Å². The van der Waals surface area contributed by atoms with Crippen LogP contribution in [0, 0.1) is 5.41 Å². The van der Waals surface area contributed by atoms with Gasteiger partial charge >= 0.3 is 5.97 Å². The van der Waals surface area contributed by atoms with Gasteiger partial charge in [-0.15, -0.1) is 12.4 Å². The molecule has 0 aromatic carbocycles.